The van der Waals surface area contributed by atoms with Crippen molar-refractivity contribution < 1.29 is 79.0 Å². The van der Waals surface area contributed by atoms with E-state index < -0.39 is 23.9 Å². The minimum absolute atomic E-state index is 0. The van der Waals surface area contributed by atoms with Gasteiger partial charge in [0.25, 0.3) is 0 Å². The summed E-state index contributed by atoms with van der Waals surface area (Å²) in [7, 11) is 0. The smallest absolute Gasteiger partial charge is 0.618 e. The average molecular weight is 713 g/mol. The van der Waals surface area contributed by atoms with E-state index in [4.69, 9.17) is 15.3 Å². The number of pyridine rings is 2. The first-order chi connectivity index (χ1) is 23.3. The normalized spacial score (nSPS) is 10.1. The van der Waals surface area contributed by atoms with E-state index in [2.05, 4.69) is 18.8 Å². The van der Waals surface area contributed by atoms with Crippen LogP contribution in [-0.2, 0) is 0 Å². The Kier molecular flexibility index (Phi) is 20.1. The molecular weight excluding hydrogens is 667 g/mol. The summed E-state index contributed by atoms with van der Waals surface area (Å²) in [6.07, 6.45) is 2.90. The Morgan fingerprint density at radius 2 is 1.10 bits per heavy atom. The van der Waals surface area contributed by atoms with Crippen LogP contribution in [0, 0.1) is 5.21 Å². The molecule has 0 spiro atoms. The Hall–Kier alpha value is -4.78. The van der Waals surface area contributed by atoms with Gasteiger partial charge in [0, 0.05) is 17.8 Å². The van der Waals surface area contributed by atoms with Crippen LogP contribution in [0.5, 0.6) is 5.75 Å². The largest absolute Gasteiger partial charge is 1.00 e. The maximum atomic E-state index is 11.1. The number of hydrogen-bond donors (Lipinski definition) is 4. The van der Waals surface area contributed by atoms with Gasteiger partial charge in [-0.15, -0.1) is 0 Å². The SMILES string of the molecule is CC(C)c1ccc(C(=O)O)[n+]([O-])c1.CC(C)c1ccc(C(=O)O)c(O)c1.CC(C)c1ccc(C(=O)O)nc1.CC(C)c1ccc(C(=O)[O-])cc1.[Na+]. The molecule has 2 aromatic carbocycles. The van der Waals surface area contributed by atoms with Gasteiger partial charge in [-0.2, -0.15) is 4.73 Å². The molecule has 0 saturated carbocycles. The summed E-state index contributed by atoms with van der Waals surface area (Å²) in [4.78, 5) is 45.6. The Morgan fingerprint density at radius 3 is 1.45 bits per heavy atom. The van der Waals surface area contributed by atoms with Gasteiger partial charge in [0.1, 0.15) is 17.0 Å². The van der Waals surface area contributed by atoms with Crippen molar-refractivity contribution in [1.82, 2.24) is 4.98 Å². The van der Waals surface area contributed by atoms with Crippen molar-refractivity contribution in [2.45, 2.75) is 79.1 Å². The van der Waals surface area contributed by atoms with Crippen molar-refractivity contribution in [3.8, 4) is 5.75 Å². The van der Waals surface area contributed by atoms with Crippen LogP contribution in [0.4, 0.5) is 0 Å². The molecule has 0 aliphatic rings. The number of carbonyl (C=O) groups excluding carboxylic acids is 1. The third-order valence-electron chi connectivity index (χ3n) is 7.23. The van der Waals surface area contributed by atoms with Crippen LogP contribution >= 0.6 is 0 Å². The molecule has 51 heavy (non-hydrogen) atoms. The van der Waals surface area contributed by atoms with E-state index >= 15 is 0 Å². The third-order valence-corrected chi connectivity index (χ3v) is 7.23. The number of phenols is 1. The topological polar surface area (TPSA) is 212 Å². The molecule has 4 rings (SSSR count). The minimum Gasteiger partial charge on any atom is -0.618 e. The van der Waals surface area contributed by atoms with Crippen molar-refractivity contribution in [2.24, 2.45) is 0 Å². The summed E-state index contributed by atoms with van der Waals surface area (Å²) in [5.41, 5.74) is 4.00. The zero-order chi connectivity index (χ0) is 38.3. The molecule has 0 aliphatic carbocycles. The third kappa shape index (κ3) is 15.8. The van der Waals surface area contributed by atoms with Gasteiger partial charge in [-0.1, -0.05) is 91.8 Å². The number of carbonyl (C=O) groups is 4. The molecule has 0 fully saturated rings. The molecule has 4 N–H and O–H groups in total. The van der Waals surface area contributed by atoms with Crippen LogP contribution in [0.3, 0.4) is 0 Å². The molecular formula is C38H45N2NaO10. The van der Waals surface area contributed by atoms with Gasteiger partial charge >= 0.3 is 53.2 Å². The van der Waals surface area contributed by atoms with Gasteiger partial charge in [-0.05, 0) is 70.2 Å². The molecule has 0 amide bonds. The zero-order valence-electron chi connectivity index (χ0n) is 30.4. The average Bonchev–Trinajstić information content (AvgIpc) is 3.05. The summed E-state index contributed by atoms with van der Waals surface area (Å²) < 4.78 is 0.387. The number of aromatic carboxylic acids is 4. The van der Waals surface area contributed by atoms with Gasteiger partial charge < -0.3 is 35.5 Å². The van der Waals surface area contributed by atoms with Crippen LogP contribution in [-0.4, -0.2) is 49.3 Å². The van der Waals surface area contributed by atoms with Gasteiger partial charge in [-0.3, -0.25) is 0 Å². The fourth-order valence-corrected chi connectivity index (χ4v) is 3.97. The summed E-state index contributed by atoms with van der Waals surface area (Å²) in [6.45, 7) is 16.0. The first-order valence-electron chi connectivity index (χ1n) is 15.8. The van der Waals surface area contributed by atoms with E-state index in [9.17, 15) is 34.6 Å². The van der Waals surface area contributed by atoms with E-state index in [0.29, 0.717) is 16.6 Å². The van der Waals surface area contributed by atoms with E-state index in [1.54, 1.807) is 36.5 Å². The van der Waals surface area contributed by atoms with Crippen LogP contribution in [0.25, 0.3) is 0 Å². The summed E-state index contributed by atoms with van der Waals surface area (Å²) >= 11 is 0. The molecule has 0 saturated heterocycles. The summed E-state index contributed by atoms with van der Waals surface area (Å²) in [5.74, 6) is -3.25. The Morgan fingerprint density at radius 1 is 0.627 bits per heavy atom. The Labute approximate surface area is 320 Å². The maximum Gasteiger partial charge on any atom is 1.00 e. The van der Waals surface area contributed by atoms with Crippen molar-refractivity contribution in [1.29, 1.82) is 0 Å². The molecule has 0 atom stereocenters. The fraction of sp³-hybridized carbons (Fsp3) is 0.316. The van der Waals surface area contributed by atoms with E-state index in [1.807, 2.05) is 53.7 Å². The molecule has 0 aliphatic heterocycles. The molecule has 0 radical (unpaired) electrons. The predicted octanol–water partition coefficient (Wildman–Crippen LogP) is 3.44. The van der Waals surface area contributed by atoms with Gasteiger partial charge in [0.2, 0.25) is 0 Å². The molecule has 0 bridgehead atoms. The number of nitrogens with zero attached hydrogens (tertiary/aromatic N) is 2. The quantitative estimate of drug-likeness (QED) is 0.118. The second-order valence-corrected chi connectivity index (χ2v) is 12.4. The molecule has 2 aromatic heterocycles. The number of aromatic nitrogens is 2. The number of carboxylic acid groups (broad SMARTS) is 4. The minimum atomic E-state index is -1.20. The van der Waals surface area contributed by atoms with Crippen LogP contribution in [0.15, 0.2) is 79.1 Å². The van der Waals surface area contributed by atoms with Gasteiger partial charge in [-0.25, -0.2) is 19.4 Å². The van der Waals surface area contributed by atoms with Crippen LogP contribution in [0.2, 0.25) is 0 Å². The molecule has 0 unspecified atom stereocenters. The van der Waals surface area contributed by atoms with Crippen molar-refractivity contribution in [2.75, 3.05) is 0 Å². The fourth-order valence-electron chi connectivity index (χ4n) is 3.97. The predicted molar refractivity (Wildman–Crippen MR) is 186 cm³/mol. The van der Waals surface area contributed by atoms with Crippen LogP contribution < -0.4 is 39.4 Å². The number of rotatable bonds is 8. The van der Waals surface area contributed by atoms with Crippen molar-refractivity contribution in [3.05, 3.63) is 129 Å². The second kappa shape index (κ2) is 22.1. The number of aromatic hydroxyl groups is 1. The van der Waals surface area contributed by atoms with Crippen LogP contribution in [0.1, 0.15) is 143 Å². The molecule has 2 heterocycles. The monoisotopic (exact) mass is 712 g/mol. The second-order valence-electron chi connectivity index (χ2n) is 12.4. The number of hydrogen-bond acceptors (Lipinski definition) is 8. The van der Waals surface area contributed by atoms with E-state index in [-0.39, 0.29) is 69.7 Å². The van der Waals surface area contributed by atoms with E-state index in [0.717, 1.165) is 22.3 Å². The standard InChI is InChI=1S/C10H12O3.C10H12O2.C9H11NO3.C9H11NO2.Na/c1-6(2)7-3-4-8(10(12)13)9(11)5-7;1-7(2)8-3-5-9(6-4-8)10(11)12;1-6(2)7-3-4-8(9(11)12)10(13)5-7;1-6(2)7-3-4-8(9(11)12)10-5-7;/h3-6,11H,1-2H3,(H,12,13);3-7H,1-2H3,(H,11,12);3-6H,1-2H3,(H,11,12);3-6H,1-2H3,(H,11,12);/q;;;;+1/p-1. The first-order valence-corrected chi connectivity index (χ1v) is 15.8. The summed E-state index contributed by atoms with van der Waals surface area (Å²) in [5, 5.41) is 56.6. The molecule has 13 heteroatoms. The van der Waals surface area contributed by atoms with Gasteiger partial charge in [0.05, 0.1) is 5.97 Å². The van der Waals surface area contributed by atoms with Crippen molar-refractivity contribution in [3.63, 3.8) is 0 Å². The Balaban J connectivity index is 0.000000650. The van der Waals surface area contributed by atoms with E-state index in [1.165, 1.54) is 30.5 Å². The molecule has 4 aromatic rings. The zero-order valence-corrected chi connectivity index (χ0v) is 32.4. The number of benzene rings is 2. The summed E-state index contributed by atoms with van der Waals surface area (Å²) in [6, 6.07) is 17.7. The Bertz CT molecular complexity index is 1610. The van der Waals surface area contributed by atoms with Crippen molar-refractivity contribution >= 4 is 23.9 Å². The maximum absolute atomic E-state index is 11.1. The van der Waals surface area contributed by atoms with Gasteiger partial charge in [0.15, 0.2) is 6.20 Å². The first kappa shape index (κ1) is 46.2. The molecule has 12 nitrogen and oxygen atoms in total. The molecule has 268 valence electrons. The number of carboxylic acids is 4.